The van der Waals surface area contributed by atoms with Crippen LogP contribution in [0.2, 0.25) is 0 Å². The number of aryl methyl sites for hydroxylation is 1. The molecule has 0 saturated carbocycles. The number of nitrogens with one attached hydrogen (secondary N) is 1. The lowest BCUT2D eigenvalue weighted by atomic mass is 9.93. The largest absolute Gasteiger partial charge is 0.351 e. The molecule has 176 valence electrons. The molecule has 1 aliphatic heterocycles. The first kappa shape index (κ1) is 22.9. The fourth-order valence-corrected chi connectivity index (χ4v) is 4.59. The van der Waals surface area contributed by atoms with Crippen LogP contribution < -0.4 is 10.2 Å². The minimum Gasteiger partial charge on any atom is -0.351 e. The molecule has 0 spiro atoms. The molecule has 1 unspecified atom stereocenters. The lowest BCUT2D eigenvalue weighted by Gasteiger charge is -2.37. The average Bonchev–Trinajstić information content (AvgIpc) is 3.33. The van der Waals surface area contributed by atoms with Crippen molar-refractivity contribution >= 4 is 28.6 Å². The summed E-state index contributed by atoms with van der Waals surface area (Å²) in [4.78, 5) is 6.24. The Morgan fingerprint density at radius 3 is 2.34 bits per heavy atom. The Kier molecular flexibility index (Phi) is 6.13. The predicted octanol–water partition coefficient (Wildman–Crippen LogP) is 6.44. The first-order valence-electron chi connectivity index (χ1n) is 11.2. The molecule has 1 N–H and O–H groups in total. The molecular formula is C27H22F2N4OS. The lowest BCUT2D eigenvalue weighted by molar-refractivity contribution is 0.404. The maximum atomic E-state index is 14.1. The van der Waals surface area contributed by atoms with Gasteiger partial charge < -0.3 is 9.84 Å². The minimum absolute atomic E-state index is 0.262. The number of rotatable bonds is 5. The summed E-state index contributed by atoms with van der Waals surface area (Å²) in [6, 6.07) is 20.6. The van der Waals surface area contributed by atoms with Gasteiger partial charge in [0.05, 0.1) is 17.3 Å². The van der Waals surface area contributed by atoms with E-state index in [1.807, 2.05) is 49.4 Å². The molecular weight excluding hydrogens is 466 g/mol. The Morgan fingerprint density at radius 1 is 1.00 bits per heavy atom. The molecule has 0 bridgehead atoms. The quantitative estimate of drug-likeness (QED) is 0.326. The zero-order valence-corrected chi connectivity index (χ0v) is 19.9. The van der Waals surface area contributed by atoms with Crippen molar-refractivity contribution in [3.8, 4) is 11.4 Å². The number of hydrogen-bond acceptors (Lipinski definition) is 4. The van der Waals surface area contributed by atoms with Crippen LogP contribution in [0.3, 0.4) is 0 Å². The molecule has 35 heavy (non-hydrogen) atoms. The van der Waals surface area contributed by atoms with E-state index in [4.69, 9.17) is 16.7 Å². The summed E-state index contributed by atoms with van der Waals surface area (Å²) >= 11 is 5.65. The smallest absolute Gasteiger partial charge is 0.258 e. The van der Waals surface area contributed by atoms with Crippen LogP contribution in [-0.4, -0.2) is 15.3 Å². The number of thiocarbonyl (C=S) groups is 1. The van der Waals surface area contributed by atoms with Gasteiger partial charge >= 0.3 is 0 Å². The molecule has 1 atom stereocenters. The molecule has 3 aromatic carbocycles. The minimum atomic E-state index is -0.696. The van der Waals surface area contributed by atoms with Gasteiger partial charge in [-0.15, -0.1) is 0 Å². The number of allylic oxidation sites excluding steroid dienone is 1. The summed E-state index contributed by atoms with van der Waals surface area (Å²) in [5.41, 5.74) is 4.53. The van der Waals surface area contributed by atoms with Gasteiger partial charge in [0.25, 0.3) is 5.89 Å². The molecule has 0 aliphatic carbocycles. The predicted molar refractivity (Wildman–Crippen MR) is 135 cm³/mol. The van der Waals surface area contributed by atoms with Gasteiger partial charge in [-0.05, 0) is 48.8 Å². The van der Waals surface area contributed by atoms with E-state index in [1.165, 1.54) is 17.7 Å². The Balaban J connectivity index is 1.66. The number of nitrogens with zero attached hydrogens (tertiary/aromatic N) is 3. The number of benzene rings is 3. The lowest BCUT2D eigenvalue weighted by Crippen LogP contribution is -2.46. The van der Waals surface area contributed by atoms with E-state index in [0.717, 1.165) is 23.6 Å². The highest BCUT2D eigenvalue weighted by molar-refractivity contribution is 7.80. The summed E-state index contributed by atoms with van der Waals surface area (Å²) in [7, 11) is 0. The van der Waals surface area contributed by atoms with E-state index < -0.39 is 17.7 Å². The van der Waals surface area contributed by atoms with E-state index in [1.54, 1.807) is 4.90 Å². The number of anilines is 1. The molecule has 5 nitrogen and oxygen atoms in total. The molecule has 8 heteroatoms. The van der Waals surface area contributed by atoms with Crippen molar-refractivity contribution in [2.24, 2.45) is 0 Å². The zero-order chi connectivity index (χ0) is 24.5. The van der Waals surface area contributed by atoms with E-state index >= 15 is 0 Å². The second kappa shape index (κ2) is 9.38. The van der Waals surface area contributed by atoms with E-state index in [0.29, 0.717) is 28.1 Å². The molecule has 0 saturated heterocycles. The van der Waals surface area contributed by atoms with Crippen molar-refractivity contribution in [1.82, 2.24) is 15.5 Å². The van der Waals surface area contributed by atoms with Gasteiger partial charge in [0.15, 0.2) is 5.11 Å². The third-order valence-electron chi connectivity index (χ3n) is 6.00. The first-order chi connectivity index (χ1) is 16.9. The molecule has 1 aliphatic rings. The maximum Gasteiger partial charge on any atom is 0.258 e. The first-order valence-corrected chi connectivity index (χ1v) is 11.6. The summed E-state index contributed by atoms with van der Waals surface area (Å²) in [5, 5.41) is 7.80. The van der Waals surface area contributed by atoms with Crippen LogP contribution in [0.1, 0.15) is 36.9 Å². The van der Waals surface area contributed by atoms with Crippen LogP contribution in [0, 0.1) is 11.6 Å². The molecule has 5 rings (SSSR count). The number of hydrogen-bond donors (Lipinski definition) is 1. The molecule has 2 heterocycles. The standard InChI is InChI=1S/C27H22F2N4OS/c1-3-17-9-11-18(12-10-17)24-23(26-31-25(32-34-26)19-7-5-4-6-8-19)16(2)33(27(35)30-24)22-14-20(28)13-21(29)15-22/h4-15,24H,3H2,1-2H3,(H,30,35). The average molecular weight is 489 g/mol. The number of aromatic nitrogens is 2. The van der Waals surface area contributed by atoms with Crippen molar-refractivity contribution in [3.05, 3.63) is 107 Å². The third kappa shape index (κ3) is 4.44. The van der Waals surface area contributed by atoms with E-state index in [2.05, 4.69) is 34.5 Å². The van der Waals surface area contributed by atoms with Crippen LogP contribution in [0.5, 0.6) is 0 Å². The summed E-state index contributed by atoms with van der Waals surface area (Å²) in [6.45, 7) is 3.92. The molecule has 0 amide bonds. The van der Waals surface area contributed by atoms with Crippen molar-refractivity contribution in [2.75, 3.05) is 4.90 Å². The molecule has 1 aromatic heterocycles. The fourth-order valence-electron chi connectivity index (χ4n) is 4.23. The van der Waals surface area contributed by atoms with Crippen molar-refractivity contribution in [1.29, 1.82) is 0 Å². The summed E-state index contributed by atoms with van der Waals surface area (Å²) in [6.07, 6.45) is 0.918. The SMILES string of the molecule is CCc1ccc(C2NC(=S)N(c3cc(F)cc(F)c3)C(C)=C2c2nc(-c3ccccc3)no2)cc1. The van der Waals surface area contributed by atoms with Gasteiger partial charge in [-0.1, -0.05) is 66.7 Å². The van der Waals surface area contributed by atoms with Gasteiger partial charge in [0.2, 0.25) is 5.82 Å². The van der Waals surface area contributed by atoms with Crippen LogP contribution in [0.15, 0.2) is 83.0 Å². The van der Waals surface area contributed by atoms with Gasteiger partial charge in [0.1, 0.15) is 11.6 Å². The molecule has 0 radical (unpaired) electrons. The normalized spacial score (nSPS) is 15.9. The highest BCUT2D eigenvalue weighted by Gasteiger charge is 2.35. The van der Waals surface area contributed by atoms with E-state index in [9.17, 15) is 8.78 Å². The summed E-state index contributed by atoms with van der Waals surface area (Å²) < 4.78 is 33.9. The maximum absolute atomic E-state index is 14.1. The summed E-state index contributed by atoms with van der Waals surface area (Å²) in [5.74, 6) is -0.655. The fraction of sp³-hybridized carbons (Fsp3) is 0.148. The van der Waals surface area contributed by atoms with Gasteiger partial charge in [-0.3, -0.25) is 4.90 Å². The van der Waals surface area contributed by atoms with Crippen LogP contribution >= 0.6 is 12.2 Å². The molecule has 0 fully saturated rings. The van der Waals surface area contributed by atoms with E-state index in [-0.39, 0.29) is 5.69 Å². The van der Waals surface area contributed by atoms with Crippen molar-refractivity contribution in [2.45, 2.75) is 26.3 Å². The van der Waals surface area contributed by atoms with Crippen LogP contribution in [0.4, 0.5) is 14.5 Å². The number of halogens is 2. The highest BCUT2D eigenvalue weighted by Crippen LogP contribution is 2.39. The Hall–Kier alpha value is -3.91. The Labute approximate surface area is 207 Å². The molecule has 4 aromatic rings. The Bertz CT molecular complexity index is 1400. The third-order valence-corrected chi connectivity index (χ3v) is 6.30. The highest BCUT2D eigenvalue weighted by atomic mass is 32.1. The van der Waals surface area contributed by atoms with Crippen molar-refractivity contribution in [3.63, 3.8) is 0 Å². The Morgan fingerprint density at radius 2 is 1.69 bits per heavy atom. The van der Waals surface area contributed by atoms with Gasteiger partial charge in [-0.2, -0.15) is 4.98 Å². The second-order valence-electron chi connectivity index (χ2n) is 8.23. The second-order valence-corrected chi connectivity index (χ2v) is 8.62. The van der Waals surface area contributed by atoms with Crippen LogP contribution in [-0.2, 0) is 6.42 Å². The zero-order valence-electron chi connectivity index (χ0n) is 19.1. The monoisotopic (exact) mass is 488 g/mol. The van der Waals surface area contributed by atoms with Gasteiger partial charge in [0, 0.05) is 17.3 Å². The van der Waals surface area contributed by atoms with Gasteiger partial charge in [-0.25, -0.2) is 8.78 Å². The van der Waals surface area contributed by atoms with Crippen LogP contribution in [0.25, 0.3) is 17.0 Å². The van der Waals surface area contributed by atoms with Crippen molar-refractivity contribution < 1.29 is 13.3 Å². The topological polar surface area (TPSA) is 54.2 Å².